The zero-order valence-electron chi connectivity index (χ0n) is 14.6. The summed E-state index contributed by atoms with van der Waals surface area (Å²) in [5.74, 6) is 0. The number of rotatable bonds is 1. The monoisotopic (exact) mass is 372 g/mol. The second-order valence-corrected chi connectivity index (χ2v) is 6.66. The Bertz CT molecular complexity index is 1460. The number of nitrogen functional groups attached to an aromatic ring is 1. The first-order chi connectivity index (χ1) is 13.5. The molecule has 0 saturated heterocycles. The van der Waals surface area contributed by atoms with Gasteiger partial charge in [0.05, 0.1) is 10.3 Å². The molecule has 138 valence electrons. The zero-order chi connectivity index (χ0) is 19.3. The van der Waals surface area contributed by atoms with Crippen molar-refractivity contribution in [2.24, 2.45) is 0 Å². The van der Waals surface area contributed by atoms with Crippen LogP contribution < -0.4 is 27.1 Å². The summed E-state index contributed by atoms with van der Waals surface area (Å²) in [6, 6.07) is 11.6. The van der Waals surface area contributed by atoms with Crippen molar-refractivity contribution in [1.29, 1.82) is 0 Å². The summed E-state index contributed by atoms with van der Waals surface area (Å²) in [4.78, 5) is 24.0. The van der Waals surface area contributed by atoms with E-state index in [-0.39, 0.29) is 11.4 Å². The third kappa shape index (κ3) is 2.73. The summed E-state index contributed by atoms with van der Waals surface area (Å²) in [6.07, 6.45) is 7.40. The number of nitrogens with one attached hydrogen (secondary N) is 4. The van der Waals surface area contributed by atoms with Crippen molar-refractivity contribution in [3.05, 3.63) is 90.7 Å². The Balaban J connectivity index is 1.85. The lowest BCUT2D eigenvalue weighted by Crippen LogP contribution is -2.12. The highest BCUT2D eigenvalue weighted by Gasteiger charge is 2.18. The van der Waals surface area contributed by atoms with E-state index in [0.717, 1.165) is 33.5 Å². The molecular weight excluding hydrogens is 356 g/mol. The van der Waals surface area contributed by atoms with Gasteiger partial charge in [-0.3, -0.25) is 10.1 Å². The summed E-state index contributed by atoms with van der Waals surface area (Å²) < 4.78 is 0. The Morgan fingerprint density at radius 3 is 1.71 bits per heavy atom. The average Bonchev–Trinajstić information content (AvgIpc) is 3.40. The first kappa shape index (κ1) is 16.0. The molecule has 4 aromatic rings. The summed E-state index contributed by atoms with van der Waals surface area (Å²) in [7, 11) is 0. The maximum absolute atomic E-state index is 11.6. The smallest absolute Gasteiger partial charge is 0.317 e. The number of fused-ring (bicyclic) bond motifs is 8. The van der Waals surface area contributed by atoms with Gasteiger partial charge in [0.15, 0.2) is 0 Å². The van der Waals surface area contributed by atoms with Crippen molar-refractivity contribution in [3.8, 4) is 0 Å². The first-order valence-corrected chi connectivity index (χ1v) is 8.67. The van der Waals surface area contributed by atoms with Gasteiger partial charge in [0, 0.05) is 33.5 Å². The van der Waals surface area contributed by atoms with Crippen LogP contribution in [0.2, 0.25) is 0 Å². The number of hydrogen-bond acceptors (Lipinski definition) is 3. The molecule has 28 heavy (non-hydrogen) atoms. The van der Waals surface area contributed by atoms with Gasteiger partial charge in [-0.1, -0.05) is 0 Å². The van der Waals surface area contributed by atoms with Gasteiger partial charge >= 0.3 is 5.69 Å². The van der Waals surface area contributed by atoms with Crippen molar-refractivity contribution in [2.75, 3.05) is 5.73 Å². The molecule has 0 aliphatic carbocycles. The molecule has 0 unspecified atom stereocenters. The Kier molecular flexibility index (Phi) is 3.38. The number of aromatic amines is 4. The molecule has 8 heteroatoms. The molecule has 0 radical (unpaired) electrons. The lowest BCUT2D eigenvalue weighted by molar-refractivity contribution is -0.384. The van der Waals surface area contributed by atoms with E-state index in [2.05, 4.69) is 19.9 Å². The largest absolute Gasteiger partial charge is 0.391 e. The van der Waals surface area contributed by atoms with E-state index in [4.69, 9.17) is 5.73 Å². The first-order valence-electron chi connectivity index (χ1n) is 8.67. The molecule has 4 aromatic heterocycles. The molecule has 8 bridgehead atoms. The number of aromatic nitrogens is 4. The molecule has 0 amide bonds. The molecule has 0 atom stereocenters. The quantitative estimate of drug-likeness (QED) is 0.211. The lowest BCUT2D eigenvalue weighted by atomic mass is 10.3. The molecule has 0 saturated carbocycles. The van der Waals surface area contributed by atoms with Crippen LogP contribution in [0.4, 0.5) is 11.4 Å². The van der Waals surface area contributed by atoms with E-state index in [1.807, 2.05) is 48.6 Å². The van der Waals surface area contributed by atoms with Crippen LogP contribution in [0.1, 0.15) is 22.8 Å². The Hall–Kier alpha value is -4.20. The summed E-state index contributed by atoms with van der Waals surface area (Å²) in [5.41, 5.74) is 9.34. The third-order valence-electron chi connectivity index (χ3n) is 4.67. The third-order valence-corrected chi connectivity index (χ3v) is 4.67. The Morgan fingerprint density at radius 1 is 0.679 bits per heavy atom. The van der Waals surface area contributed by atoms with Crippen LogP contribution in [-0.4, -0.2) is 24.9 Å². The van der Waals surface area contributed by atoms with Crippen molar-refractivity contribution < 1.29 is 4.92 Å². The molecule has 1 aliphatic rings. The van der Waals surface area contributed by atoms with Crippen LogP contribution in [0.5, 0.6) is 0 Å². The highest BCUT2D eigenvalue weighted by molar-refractivity contribution is 5.66. The molecule has 5 heterocycles. The van der Waals surface area contributed by atoms with E-state index in [1.54, 1.807) is 12.2 Å². The predicted molar refractivity (Wildman–Crippen MR) is 107 cm³/mol. The zero-order valence-corrected chi connectivity index (χ0v) is 14.6. The second-order valence-electron chi connectivity index (χ2n) is 6.66. The van der Waals surface area contributed by atoms with E-state index in [9.17, 15) is 10.1 Å². The fourth-order valence-electron chi connectivity index (χ4n) is 3.40. The maximum Gasteiger partial charge on any atom is 0.317 e. The van der Waals surface area contributed by atoms with E-state index in [0.29, 0.717) is 10.7 Å². The van der Waals surface area contributed by atoms with Crippen LogP contribution in [0.3, 0.4) is 0 Å². The molecule has 0 spiro atoms. The van der Waals surface area contributed by atoms with Gasteiger partial charge < -0.3 is 25.7 Å². The van der Waals surface area contributed by atoms with Crippen LogP contribution >= 0.6 is 0 Å². The van der Waals surface area contributed by atoms with Gasteiger partial charge in [-0.05, 0) is 60.7 Å². The normalized spacial score (nSPS) is 12.4. The van der Waals surface area contributed by atoms with Gasteiger partial charge in [0.2, 0.25) is 0 Å². The number of nitrogens with zero attached hydrogens (tertiary/aromatic N) is 1. The van der Waals surface area contributed by atoms with Crippen LogP contribution in [0, 0.1) is 10.1 Å². The SMILES string of the molecule is Nc1c([N+](=O)[O-])c2[nH]c1=Cc1ccc([nH]1)C=c1ccc([nH]1)=Cc1ccc([nH]1)C=2. The fourth-order valence-corrected chi connectivity index (χ4v) is 3.40. The lowest BCUT2D eigenvalue weighted by Gasteiger charge is -1.89. The van der Waals surface area contributed by atoms with Gasteiger partial charge in [0.1, 0.15) is 11.0 Å². The molecule has 5 rings (SSSR count). The van der Waals surface area contributed by atoms with Crippen molar-refractivity contribution in [2.45, 2.75) is 0 Å². The Morgan fingerprint density at radius 2 is 1.18 bits per heavy atom. The Labute approximate surface area is 157 Å². The summed E-state index contributed by atoms with van der Waals surface area (Å²) in [5, 5.41) is 14.3. The standard InChI is InChI=1S/C20H16N6O2/c21-19-17-9-15-5-3-13(23-15)7-11-1-2-12(22-11)8-14-4-6-16(24-14)10-18(25-17)20(19)26(27)28/h1-10,22-25H,21H2. The molecule has 1 aliphatic heterocycles. The molecule has 0 aromatic carbocycles. The molecular formula is C20H16N6O2. The van der Waals surface area contributed by atoms with Gasteiger partial charge in [-0.15, -0.1) is 0 Å². The minimum atomic E-state index is -0.465. The minimum Gasteiger partial charge on any atom is -0.391 e. The average molecular weight is 372 g/mol. The number of nitrogens with two attached hydrogens (primary N) is 1. The van der Waals surface area contributed by atoms with Crippen molar-refractivity contribution in [3.63, 3.8) is 0 Å². The van der Waals surface area contributed by atoms with Crippen LogP contribution in [-0.2, 0) is 0 Å². The maximum atomic E-state index is 11.6. The highest BCUT2D eigenvalue weighted by Crippen LogP contribution is 2.13. The second kappa shape index (κ2) is 5.92. The van der Waals surface area contributed by atoms with Gasteiger partial charge in [-0.2, -0.15) is 0 Å². The molecule has 0 fully saturated rings. The van der Waals surface area contributed by atoms with Crippen molar-refractivity contribution >= 4 is 35.7 Å². The van der Waals surface area contributed by atoms with E-state index >= 15 is 0 Å². The number of nitro groups is 1. The molecule has 6 N–H and O–H groups in total. The predicted octanol–water partition coefficient (Wildman–Crippen LogP) is 0.118. The van der Waals surface area contributed by atoms with Crippen molar-refractivity contribution in [1.82, 2.24) is 19.9 Å². The molecule has 8 nitrogen and oxygen atoms in total. The van der Waals surface area contributed by atoms with Crippen LogP contribution in [0.15, 0.2) is 36.4 Å². The summed E-state index contributed by atoms with van der Waals surface area (Å²) >= 11 is 0. The minimum absolute atomic E-state index is 0.104. The van der Waals surface area contributed by atoms with Gasteiger partial charge in [0.25, 0.3) is 0 Å². The van der Waals surface area contributed by atoms with E-state index in [1.165, 1.54) is 0 Å². The van der Waals surface area contributed by atoms with E-state index < -0.39 is 4.92 Å². The topological polar surface area (TPSA) is 132 Å². The number of anilines is 1. The highest BCUT2D eigenvalue weighted by atomic mass is 16.6. The number of H-pyrrole nitrogens is 4. The van der Waals surface area contributed by atoms with Gasteiger partial charge in [-0.25, -0.2) is 0 Å². The fraction of sp³-hybridized carbons (Fsp3) is 0. The number of hydrogen-bond donors (Lipinski definition) is 5. The van der Waals surface area contributed by atoms with Crippen LogP contribution in [0.25, 0.3) is 24.3 Å². The summed E-state index contributed by atoms with van der Waals surface area (Å²) in [6.45, 7) is 0.